The van der Waals surface area contributed by atoms with Crippen LogP contribution >= 0.6 is 0 Å². The van der Waals surface area contributed by atoms with Crippen molar-refractivity contribution in [3.05, 3.63) is 53.9 Å². The average molecular weight is 410 g/mol. The van der Waals surface area contributed by atoms with Crippen molar-refractivity contribution in [1.82, 2.24) is 20.2 Å². The second-order valence-electron chi connectivity index (χ2n) is 8.15. The molecule has 1 N–H and O–H groups in total. The van der Waals surface area contributed by atoms with E-state index in [9.17, 15) is 4.79 Å². The normalized spacial score (nSPS) is 21.8. The number of ether oxygens (including phenoxy) is 1. The van der Waals surface area contributed by atoms with Crippen molar-refractivity contribution in [2.45, 2.75) is 25.3 Å². The lowest BCUT2D eigenvalue weighted by Gasteiger charge is -2.20. The molecule has 0 spiro atoms. The molecule has 2 saturated heterocycles. The summed E-state index contributed by atoms with van der Waals surface area (Å²) >= 11 is 0. The number of nitrogens with zero attached hydrogens (tertiary/aromatic N) is 4. The number of hydrogen-bond donors (Lipinski definition) is 1. The largest absolute Gasteiger partial charge is 0.383 e. The summed E-state index contributed by atoms with van der Waals surface area (Å²) in [6.45, 7) is 5.44. The monoisotopic (exact) mass is 409 g/mol. The van der Waals surface area contributed by atoms with Crippen molar-refractivity contribution in [3.63, 3.8) is 0 Å². The molecule has 0 unspecified atom stereocenters. The number of aromatic nitrogens is 2. The second kappa shape index (κ2) is 10.00. The lowest BCUT2D eigenvalue weighted by molar-refractivity contribution is -0.125. The van der Waals surface area contributed by atoms with E-state index in [1.807, 2.05) is 18.3 Å². The number of carbonyl (C=O) groups excluding carboxylic acids is 1. The molecule has 3 heterocycles. The molecule has 0 saturated carbocycles. The van der Waals surface area contributed by atoms with Gasteiger partial charge in [0.25, 0.3) is 0 Å². The van der Waals surface area contributed by atoms with Crippen LogP contribution in [0.4, 0.5) is 5.95 Å². The van der Waals surface area contributed by atoms with Crippen LogP contribution in [0, 0.1) is 5.92 Å². The molecule has 2 aliphatic heterocycles. The van der Waals surface area contributed by atoms with Gasteiger partial charge in [0.05, 0.1) is 18.2 Å². The van der Waals surface area contributed by atoms with E-state index in [1.54, 1.807) is 7.11 Å². The Balaban J connectivity index is 1.52. The van der Waals surface area contributed by atoms with Gasteiger partial charge in [0, 0.05) is 58.5 Å². The molecule has 2 aromatic rings. The molecule has 2 fully saturated rings. The van der Waals surface area contributed by atoms with Crippen LogP contribution in [0.2, 0.25) is 0 Å². The number of hydrogen-bond acceptors (Lipinski definition) is 6. The van der Waals surface area contributed by atoms with Crippen molar-refractivity contribution in [3.8, 4) is 0 Å². The number of anilines is 1. The van der Waals surface area contributed by atoms with Crippen LogP contribution in [0.25, 0.3) is 0 Å². The van der Waals surface area contributed by atoms with E-state index in [0.29, 0.717) is 13.2 Å². The number of methoxy groups -OCH3 is 1. The third-order valence-electron chi connectivity index (χ3n) is 6.02. The van der Waals surface area contributed by atoms with Crippen molar-refractivity contribution in [1.29, 1.82) is 0 Å². The highest BCUT2D eigenvalue weighted by Gasteiger charge is 2.39. The van der Waals surface area contributed by atoms with Gasteiger partial charge in [-0.1, -0.05) is 30.3 Å². The smallest absolute Gasteiger partial charge is 0.225 e. The molecule has 0 aliphatic carbocycles. The molecule has 2 atom stereocenters. The number of nitrogens with one attached hydrogen (secondary N) is 1. The molecular weight excluding hydrogens is 378 g/mol. The first-order valence-corrected chi connectivity index (χ1v) is 10.9. The van der Waals surface area contributed by atoms with Crippen molar-refractivity contribution >= 4 is 11.9 Å². The summed E-state index contributed by atoms with van der Waals surface area (Å²) in [5.74, 6) is 0.798. The predicted octanol–water partition coefficient (Wildman–Crippen LogP) is 2.05. The Kier molecular flexibility index (Phi) is 6.92. The van der Waals surface area contributed by atoms with E-state index >= 15 is 0 Å². The summed E-state index contributed by atoms with van der Waals surface area (Å²) in [5.41, 5.74) is 2.23. The van der Waals surface area contributed by atoms with Crippen LogP contribution in [0.15, 0.2) is 42.6 Å². The summed E-state index contributed by atoms with van der Waals surface area (Å²) in [6, 6.07) is 12.4. The molecule has 4 rings (SSSR count). The lowest BCUT2D eigenvalue weighted by Crippen LogP contribution is -2.36. The minimum atomic E-state index is -0.133. The Bertz CT molecular complexity index is 825. The van der Waals surface area contributed by atoms with Crippen molar-refractivity contribution < 1.29 is 9.53 Å². The van der Waals surface area contributed by atoms with E-state index in [-0.39, 0.29) is 17.7 Å². The fourth-order valence-corrected chi connectivity index (χ4v) is 4.47. The number of rotatable bonds is 8. The van der Waals surface area contributed by atoms with Gasteiger partial charge in [-0.25, -0.2) is 9.97 Å². The number of carbonyl (C=O) groups is 1. The topological polar surface area (TPSA) is 70.6 Å². The Hall–Kier alpha value is -2.51. The molecule has 0 radical (unpaired) electrons. The lowest BCUT2D eigenvalue weighted by atomic mass is 9.92. The molecule has 7 nitrogen and oxygen atoms in total. The van der Waals surface area contributed by atoms with E-state index < -0.39 is 0 Å². The van der Waals surface area contributed by atoms with Gasteiger partial charge in [-0.2, -0.15) is 0 Å². The van der Waals surface area contributed by atoms with Gasteiger partial charge in [0.2, 0.25) is 11.9 Å². The fourth-order valence-electron chi connectivity index (χ4n) is 4.47. The average Bonchev–Trinajstić information content (AvgIpc) is 3.45. The fraction of sp³-hybridized carbons (Fsp3) is 0.522. The predicted molar refractivity (Wildman–Crippen MR) is 116 cm³/mol. The zero-order chi connectivity index (χ0) is 20.8. The van der Waals surface area contributed by atoms with Gasteiger partial charge in [0.1, 0.15) is 0 Å². The second-order valence-corrected chi connectivity index (χ2v) is 8.15. The zero-order valence-corrected chi connectivity index (χ0v) is 17.7. The highest BCUT2D eigenvalue weighted by Crippen LogP contribution is 2.33. The summed E-state index contributed by atoms with van der Waals surface area (Å²) in [4.78, 5) is 27.0. The molecule has 7 heteroatoms. The molecule has 0 bridgehead atoms. The van der Waals surface area contributed by atoms with Crippen LogP contribution in [0.1, 0.15) is 30.0 Å². The number of likely N-dealkylation sites (tertiary alicyclic amines) is 1. The number of benzene rings is 1. The van der Waals surface area contributed by atoms with Crippen molar-refractivity contribution in [2.75, 3.05) is 51.3 Å². The maximum absolute atomic E-state index is 13.0. The maximum atomic E-state index is 13.0. The quantitative estimate of drug-likeness (QED) is 0.673. The van der Waals surface area contributed by atoms with Crippen LogP contribution in [-0.4, -0.2) is 67.2 Å². The van der Waals surface area contributed by atoms with Gasteiger partial charge < -0.3 is 15.0 Å². The zero-order valence-electron chi connectivity index (χ0n) is 17.7. The van der Waals surface area contributed by atoms with E-state index in [4.69, 9.17) is 9.72 Å². The SMILES string of the molecule is COCCNC(=O)[C@@H]1CN(Cc2ccccc2)C[C@H]1c1ccnc(N2CCCC2)n1. The van der Waals surface area contributed by atoms with Gasteiger partial charge in [-0.3, -0.25) is 9.69 Å². The summed E-state index contributed by atoms with van der Waals surface area (Å²) in [5, 5.41) is 3.03. The molecule has 2 aliphatic rings. The van der Waals surface area contributed by atoms with Crippen LogP contribution in [0.5, 0.6) is 0 Å². The van der Waals surface area contributed by atoms with E-state index in [2.05, 4.69) is 44.4 Å². The third-order valence-corrected chi connectivity index (χ3v) is 6.02. The van der Waals surface area contributed by atoms with Crippen LogP contribution < -0.4 is 10.2 Å². The molecular formula is C23H31N5O2. The molecule has 160 valence electrons. The first-order valence-electron chi connectivity index (χ1n) is 10.9. The Morgan fingerprint density at radius 2 is 1.97 bits per heavy atom. The highest BCUT2D eigenvalue weighted by atomic mass is 16.5. The van der Waals surface area contributed by atoms with Crippen molar-refractivity contribution in [2.24, 2.45) is 5.92 Å². The Labute approximate surface area is 178 Å². The molecule has 1 aromatic heterocycles. The third kappa shape index (κ3) is 4.96. The van der Waals surface area contributed by atoms with Gasteiger partial charge in [-0.05, 0) is 24.5 Å². The minimum absolute atomic E-state index is 0.0561. The van der Waals surface area contributed by atoms with Crippen LogP contribution in [-0.2, 0) is 16.1 Å². The maximum Gasteiger partial charge on any atom is 0.225 e. The first kappa shape index (κ1) is 20.8. The molecule has 30 heavy (non-hydrogen) atoms. The summed E-state index contributed by atoms with van der Waals surface area (Å²) in [6.07, 6.45) is 4.22. The first-order chi connectivity index (χ1) is 14.7. The molecule has 1 aromatic carbocycles. The van der Waals surface area contributed by atoms with Gasteiger partial charge >= 0.3 is 0 Å². The molecule has 1 amide bonds. The van der Waals surface area contributed by atoms with Crippen LogP contribution in [0.3, 0.4) is 0 Å². The highest BCUT2D eigenvalue weighted by molar-refractivity contribution is 5.80. The Morgan fingerprint density at radius 1 is 1.17 bits per heavy atom. The standard InChI is InChI=1S/C23H31N5O2/c1-30-14-11-24-22(29)20-17-27(15-18-7-3-2-4-8-18)16-19(20)21-9-10-25-23(26-21)28-12-5-6-13-28/h2-4,7-10,19-20H,5-6,11-17H2,1H3,(H,24,29)/t19-,20-/m1/s1. The van der Waals surface area contributed by atoms with E-state index in [1.165, 1.54) is 18.4 Å². The summed E-state index contributed by atoms with van der Waals surface area (Å²) < 4.78 is 5.09. The Morgan fingerprint density at radius 3 is 2.73 bits per heavy atom. The minimum Gasteiger partial charge on any atom is -0.383 e. The van der Waals surface area contributed by atoms with Gasteiger partial charge in [-0.15, -0.1) is 0 Å². The summed E-state index contributed by atoms with van der Waals surface area (Å²) in [7, 11) is 1.65. The van der Waals surface area contributed by atoms with E-state index in [0.717, 1.165) is 44.4 Å². The number of amides is 1. The van der Waals surface area contributed by atoms with Gasteiger partial charge in [0.15, 0.2) is 0 Å².